The third-order valence-electron chi connectivity index (χ3n) is 1.02. The highest BCUT2D eigenvalue weighted by molar-refractivity contribution is 5.82. The van der Waals surface area contributed by atoms with Gasteiger partial charge < -0.3 is 19.8 Å². The average Bonchev–Trinajstić information content (AvgIpc) is 2.22. The van der Waals surface area contributed by atoms with E-state index in [4.69, 9.17) is 10.2 Å². The molecule has 0 saturated carbocycles. The summed E-state index contributed by atoms with van der Waals surface area (Å²) in [4.78, 5) is 25.2. The van der Waals surface area contributed by atoms with Crippen LogP contribution in [0.15, 0.2) is 12.7 Å². The van der Waals surface area contributed by atoms with Gasteiger partial charge in [-0.3, -0.25) is 0 Å². The molecule has 0 aromatic rings. The highest BCUT2D eigenvalue weighted by atomic mass is 16.7. The second-order valence-electron chi connectivity index (χ2n) is 2.16. The van der Waals surface area contributed by atoms with Crippen molar-refractivity contribution in [1.82, 2.24) is 5.48 Å². The molecule has 7 heteroatoms. The van der Waals surface area contributed by atoms with Gasteiger partial charge in [0.15, 0.2) is 0 Å². The molecular formula is C7H11NO6. The standard InChI is InChI=1S/C7H11NO6/c1-2-6(11)14-8-7(12)13-4-5(10)3-9/h2,5,9-10H,1,3-4H2,(H,8,12). The number of aliphatic hydroxyl groups is 2. The van der Waals surface area contributed by atoms with Gasteiger partial charge in [-0.25, -0.2) is 9.59 Å². The molecule has 14 heavy (non-hydrogen) atoms. The molecule has 3 N–H and O–H groups in total. The molecule has 1 unspecified atom stereocenters. The van der Waals surface area contributed by atoms with E-state index in [1.165, 1.54) is 0 Å². The first-order valence-corrected chi connectivity index (χ1v) is 3.65. The largest absolute Gasteiger partial charge is 0.445 e. The predicted octanol–water partition coefficient (Wildman–Crippen LogP) is -1.29. The summed E-state index contributed by atoms with van der Waals surface area (Å²) in [6.45, 7) is 2.16. The average molecular weight is 205 g/mol. The molecule has 7 nitrogen and oxygen atoms in total. The molecule has 1 amide bonds. The summed E-state index contributed by atoms with van der Waals surface area (Å²) in [5.74, 6) is -0.843. The summed E-state index contributed by atoms with van der Waals surface area (Å²) in [6, 6.07) is 0. The predicted molar refractivity (Wildman–Crippen MR) is 43.9 cm³/mol. The van der Waals surface area contributed by atoms with Gasteiger partial charge in [0.25, 0.3) is 0 Å². The third kappa shape index (κ3) is 5.98. The van der Waals surface area contributed by atoms with Crippen molar-refractivity contribution in [1.29, 1.82) is 0 Å². The molecule has 0 saturated heterocycles. The van der Waals surface area contributed by atoms with Crippen molar-refractivity contribution < 1.29 is 29.4 Å². The van der Waals surface area contributed by atoms with Crippen molar-refractivity contribution in [2.45, 2.75) is 6.10 Å². The normalized spacial score (nSPS) is 11.3. The highest BCUT2D eigenvalue weighted by Crippen LogP contribution is 1.85. The van der Waals surface area contributed by atoms with Gasteiger partial charge in [-0.1, -0.05) is 6.58 Å². The molecule has 0 radical (unpaired) electrons. The van der Waals surface area contributed by atoms with Gasteiger partial charge in [-0.15, -0.1) is 5.48 Å². The first kappa shape index (κ1) is 12.4. The maximum atomic E-state index is 10.6. The number of amides is 1. The van der Waals surface area contributed by atoms with Crippen molar-refractivity contribution in [2.24, 2.45) is 0 Å². The Bertz CT molecular complexity index is 216. The van der Waals surface area contributed by atoms with E-state index in [1.54, 1.807) is 5.48 Å². The Morgan fingerprint density at radius 2 is 2.21 bits per heavy atom. The first-order valence-electron chi connectivity index (χ1n) is 3.65. The van der Waals surface area contributed by atoms with Gasteiger partial charge in [-0.2, -0.15) is 0 Å². The molecule has 0 aliphatic carbocycles. The number of hydrogen-bond donors (Lipinski definition) is 3. The Hall–Kier alpha value is -1.60. The lowest BCUT2D eigenvalue weighted by molar-refractivity contribution is -0.143. The summed E-state index contributed by atoms with van der Waals surface area (Å²) < 4.78 is 4.32. The van der Waals surface area contributed by atoms with E-state index < -0.39 is 31.4 Å². The van der Waals surface area contributed by atoms with E-state index in [9.17, 15) is 9.59 Å². The highest BCUT2D eigenvalue weighted by Gasteiger charge is 2.08. The van der Waals surface area contributed by atoms with E-state index >= 15 is 0 Å². The molecule has 0 aromatic heterocycles. The molecule has 80 valence electrons. The van der Waals surface area contributed by atoms with Gasteiger partial charge in [0.05, 0.1) is 6.61 Å². The summed E-state index contributed by atoms with van der Waals surface area (Å²) in [5, 5.41) is 17.1. The lowest BCUT2D eigenvalue weighted by Gasteiger charge is -2.08. The van der Waals surface area contributed by atoms with Crippen molar-refractivity contribution in [3.8, 4) is 0 Å². The number of hydroxylamine groups is 1. The zero-order chi connectivity index (χ0) is 11.0. The molecule has 0 aliphatic heterocycles. The Kier molecular flexibility index (Phi) is 6.08. The van der Waals surface area contributed by atoms with Gasteiger partial charge in [-0.05, 0) is 0 Å². The third-order valence-corrected chi connectivity index (χ3v) is 1.02. The smallest absolute Gasteiger partial charge is 0.440 e. The summed E-state index contributed by atoms with van der Waals surface area (Å²) >= 11 is 0. The molecule has 0 spiro atoms. The van der Waals surface area contributed by atoms with Crippen LogP contribution in [0, 0.1) is 0 Å². The van der Waals surface area contributed by atoms with Crippen molar-refractivity contribution in [3.63, 3.8) is 0 Å². The van der Waals surface area contributed by atoms with Crippen LogP contribution < -0.4 is 5.48 Å². The van der Waals surface area contributed by atoms with Crippen molar-refractivity contribution in [2.75, 3.05) is 13.2 Å². The molecule has 0 bridgehead atoms. The fourth-order valence-electron chi connectivity index (χ4n) is 0.388. The van der Waals surface area contributed by atoms with Gasteiger partial charge in [0.2, 0.25) is 0 Å². The molecule has 0 fully saturated rings. The Morgan fingerprint density at radius 3 is 2.71 bits per heavy atom. The van der Waals surface area contributed by atoms with Gasteiger partial charge in [0, 0.05) is 6.08 Å². The van der Waals surface area contributed by atoms with Crippen LogP contribution in [0.1, 0.15) is 0 Å². The van der Waals surface area contributed by atoms with Crippen LogP contribution in [0.25, 0.3) is 0 Å². The summed E-state index contributed by atoms with van der Waals surface area (Å²) in [5.41, 5.74) is 1.64. The van der Waals surface area contributed by atoms with E-state index in [0.717, 1.165) is 6.08 Å². The van der Waals surface area contributed by atoms with Crippen LogP contribution in [-0.4, -0.2) is 41.6 Å². The Balaban J connectivity index is 3.56. The summed E-state index contributed by atoms with van der Waals surface area (Å²) in [6.07, 6.45) is -1.35. The maximum absolute atomic E-state index is 10.6. The van der Waals surface area contributed by atoms with Crippen LogP contribution in [0.3, 0.4) is 0 Å². The monoisotopic (exact) mass is 205 g/mol. The van der Waals surface area contributed by atoms with Gasteiger partial charge >= 0.3 is 12.1 Å². The lowest BCUT2D eigenvalue weighted by atomic mass is 10.4. The van der Waals surface area contributed by atoms with E-state index in [0.29, 0.717) is 0 Å². The summed E-state index contributed by atoms with van der Waals surface area (Å²) in [7, 11) is 0. The number of rotatable bonds is 4. The van der Waals surface area contributed by atoms with E-state index in [1.807, 2.05) is 0 Å². The van der Waals surface area contributed by atoms with Crippen LogP contribution in [-0.2, 0) is 14.4 Å². The minimum atomic E-state index is -1.16. The fraction of sp³-hybridized carbons (Fsp3) is 0.429. The lowest BCUT2D eigenvalue weighted by Crippen LogP contribution is -2.30. The maximum Gasteiger partial charge on any atom is 0.440 e. The number of ether oxygens (including phenoxy) is 1. The molecule has 0 aromatic carbocycles. The molecule has 0 aliphatic rings. The second-order valence-corrected chi connectivity index (χ2v) is 2.16. The topological polar surface area (TPSA) is 105 Å². The number of carbonyl (C=O) groups is 2. The van der Waals surface area contributed by atoms with Crippen LogP contribution in [0.4, 0.5) is 4.79 Å². The molecular weight excluding hydrogens is 194 g/mol. The van der Waals surface area contributed by atoms with Crippen LogP contribution in [0.2, 0.25) is 0 Å². The zero-order valence-corrected chi connectivity index (χ0v) is 7.30. The molecule has 1 atom stereocenters. The zero-order valence-electron chi connectivity index (χ0n) is 7.30. The Morgan fingerprint density at radius 1 is 1.57 bits per heavy atom. The molecule has 0 rings (SSSR count). The second kappa shape index (κ2) is 6.87. The molecule has 0 heterocycles. The number of carbonyl (C=O) groups excluding carboxylic acids is 2. The number of hydrogen-bond acceptors (Lipinski definition) is 6. The number of nitrogens with one attached hydrogen (secondary N) is 1. The fourth-order valence-corrected chi connectivity index (χ4v) is 0.388. The number of aliphatic hydroxyl groups excluding tert-OH is 2. The minimum Gasteiger partial charge on any atom is -0.445 e. The minimum absolute atomic E-state index is 0.395. The van der Waals surface area contributed by atoms with E-state index in [2.05, 4.69) is 16.2 Å². The SMILES string of the molecule is C=CC(=O)ONC(=O)OCC(O)CO. The quantitative estimate of drug-likeness (QED) is 0.389. The van der Waals surface area contributed by atoms with Crippen molar-refractivity contribution >= 4 is 12.1 Å². The van der Waals surface area contributed by atoms with E-state index in [-0.39, 0.29) is 0 Å². The first-order chi connectivity index (χ1) is 6.60. The van der Waals surface area contributed by atoms with Gasteiger partial charge in [0.1, 0.15) is 12.7 Å². The van der Waals surface area contributed by atoms with Crippen LogP contribution in [0.5, 0.6) is 0 Å². The van der Waals surface area contributed by atoms with Crippen molar-refractivity contribution in [3.05, 3.63) is 12.7 Å². The van der Waals surface area contributed by atoms with Crippen LogP contribution >= 0.6 is 0 Å². The Labute approximate surface area is 79.9 Å².